The van der Waals surface area contributed by atoms with E-state index in [1.807, 2.05) is 6.07 Å². The van der Waals surface area contributed by atoms with E-state index >= 15 is 0 Å². The summed E-state index contributed by atoms with van der Waals surface area (Å²) in [5, 5.41) is 12.0. The minimum atomic E-state index is -3.87. The van der Waals surface area contributed by atoms with Crippen molar-refractivity contribution in [1.29, 1.82) is 5.26 Å². The first-order chi connectivity index (χ1) is 13.5. The van der Waals surface area contributed by atoms with Crippen molar-refractivity contribution in [3.05, 3.63) is 59.7 Å². The summed E-state index contributed by atoms with van der Waals surface area (Å²) >= 11 is 0. The van der Waals surface area contributed by atoms with Crippen LogP contribution in [0.5, 0.6) is 0 Å². The van der Waals surface area contributed by atoms with Crippen LogP contribution in [0.4, 0.5) is 5.69 Å². The van der Waals surface area contributed by atoms with Crippen LogP contribution in [0.15, 0.2) is 53.4 Å². The van der Waals surface area contributed by atoms with Crippen LogP contribution >= 0.6 is 0 Å². The number of benzene rings is 2. The zero-order valence-corrected chi connectivity index (χ0v) is 16.3. The zero-order chi connectivity index (χ0) is 20.0. The Morgan fingerprint density at radius 1 is 1.00 bits per heavy atom. The van der Waals surface area contributed by atoms with Crippen molar-refractivity contribution >= 4 is 21.6 Å². The molecule has 6 nitrogen and oxygen atoms in total. The van der Waals surface area contributed by atoms with Crippen molar-refractivity contribution in [1.82, 2.24) is 5.32 Å². The largest absolute Gasteiger partial charge is 0.349 e. The molecule has 0 aliphatic heterocycles. The molecule has 0 saturated heterocycles. The Kier molecular flexibility index (Phi) is 6.32. The van der Waals surface area contributed by atoms with E-state index in [0.717, 1.165) is 25.7 Å². The summed E-state index contributed by atoms with van der Waals surface area (Å²) in [5.41, 5.74) is 0.974. The van der Waals surface area contributed by atoms with E-state index in [9.17, 15) is 13.2 Å². The lowest BCUT2D eigenvalue weighted by Gasteiger charge is -2.16. The highest BCUT2D eigenvalue weighted by molar-refractivity contribution is 7.92. The Hall–Kier alpha value is -2.85. The molecule has 7 heteroatoms. The Morgan fingerprint density at radius 2 is 1.71 bits per heavy atom. The van der Waals surface area contributed by atoms with Gasteiger partial charge in [0.05, 0.1) is 22.2 Å². The van der Waals surface area contributed by atoms with E-state index < -0.39 is 10.0 Å². The van der Waals surface area contributed by atoms with Crippen LogP contribution in [0.1, 0.15) is 54.4 Å². The number of sulfonamides is 1. The van der Waals surface area contributed by atoms with Gasteiger partial charge in [-0.2, -0.15) is 5.26 Å². The summed E-state index contributed by atoms with van der Waals surface area (Å²) in [6, 6.07) is 14.3. The number of amides is 1. The van der Waals surface area contributed by atoms with Gasteiger partial charge in [0.1, 0.15) is 0 Å². The van der Waals surface area contributed by atoms with Gasteiger partial charge in [-0.15, -0.1) is 0 Å². The van der Waals surface area contributed by atoms with Crippen LogP contribution in [0.3, 0.4) is 0 Å². The third-order valence-corrected chi connectivity index (χ3v) is 6.22. The molecule has 1 amide bonds. The van der Waals surface area contributed by atoms with Crippen molar-refractivity contribution in [2.24, 2.45) is 0 Å². The van der Waals surface area contributed by atoms with Crippen LogP contribution in [0, 0.1) is 11.3 Å². The van der Waals surface area contributed by atoms with Crippen LogP contribution in [-0.2, 0) is 10.0 Å². The number of nitrogens with zero attached hydrogens (tertiary/aromatic N) is 1. The summed E-state index contributed by atoms with van der Waals surface area (Å²) in [5.74, 6) is -0.254. The number of hydrogen-bond donors (Lipinski definition) is 2. The molecule has 1 aliphatic carbocycles. The number of carbonyl (C=O) groups excluding carboxylic acids is 1. The maximum atomic E-state index is 12.7. The maximum Gasteiger partial charge on any atom is 0.261 e. The summed E-state index contributed by atoms with van der Waals surface area (Å²) in [7, 11) is -3.87. The molecule has 0 unspecified atom stereocenters. The number of carbonyl (C=O) groups is 1. The standard InChI is InChI=1S/C21H23N3O3S/c22-15-16-7-5-11-19(13-16)24-28(26,27)20-12-6-8-17(14-20)21(25)23-18-9-3-1-2-4-10-18/h5-8,11-14,18,24H,1-4,9-10H2,(H,23,25). The van der Waals surface area contributed by atoms with Gasteiger partial charge in [0, 0.05) is 11.6 Å². The first-order valence-corrected chi connectivity index (χ1v) is 10.9. The highest BCUT2D eigenvalue weighted by atomic mass is 32.2. The molecule has 0 radical (unpaired) electrons. The minimum Gasteiger partial charge on any atom is -0.349 e. The van der Waals surface area contributed by atoms with E-state index in [-0.39, 0.29) is 16.8 Å². The van der Waals surface area contributed by atoms with Gasteiger partial charge in [0.15, 0.2) is 0 Å². The lowest BCUT2D eigenvalue weighted by atomic mass is 10.1. The Bertz CT molecular complexity index is 988. The topological polar surface area (TPSA) is 99.1 Å². The number of anilines is 1. The number of nitrogens with one attached hydrogen (secondary N) is 2. The minimum absolute atomic E-state index is 0.00313. The molecule has 2 aromatic rings. The van der Waals surface area contributed by atoms with Crippen LogP contribution in [-0.4, -0.2) is 20.4 Å². The highest BCUT2D eigenvalue weighted by Gasteiger charge is 2.19. The Labute approximate surface area is 165 Å². The normalized spacial score (nSPS) is 15.2. The highest BCUT2D eigenvalue weighted by Crippen LogP contribution is 2.20. The fourth-order valence-corrected chi connectivity index (χ4v) is 4.46. The predicted octanol–water partition coefficient (Wildman–Crippen LogP) is 3.81. The molecule has 1 fully saturated rings. The molecule has 0 aromatic heterocycles. The molecule has 1 aliphatic rings. The second kappa shape index (κ2) is 8.89. The van der Waals surface area contributed by atoms with Gasteiger partial charge in [-0.1, -0.05) is 37.8 Å². The third-order valence-electron chi connectivity index (χ3n) is 4.84. The van der Waals surface area contributed by atoms with Crippen LogP contribution < -0.4 is 10.0 Å². The zero-order valence-electron chi connectivity index (χ0n) is 15.5. The van der Waals surface area contributed by atoms with E-state index in [4.69, 9.17) is 5.26 Å². The lowest BCUT2D eigenvalue weighted by molar-refractivity contribution is 0.0933. The smallest absolute Gasteiger partial charge is 0.261 e. The molecule has 0 atom stereocenters. The van der Waals surface area contributed by atoms with Gasteiger partial charge in [-0.25, -0.2) is 8.42 Å². The van der Waals surface area contributed by atoms with Gasteiger partial charge in [-0.05, 0) is 49.2 Å². The Balaban J connectivity index is 1.75. The SMILES string of the molecule is N#Cc1cccc(NS(=O)(=O)c2cccc(C(=O)NC3CCCCCC3)c2)c1. The number of nitriles is 1. The van der Waals surface area contributed by atoms with E-state index in [1.165, 1.54) is 31.0 Å². The molecule has 2 aromatic carbocycles. The van der Waals surface area contributed by atoms with Crippen LogP contribution in [0.25, 0.3) is 0 Å². The lowest BCUT2D eigenvalue weighted by Crippen LogP contribution is -2.34. The van der Waals surface area contributed by atoms with Crippen molar-refractivity contribution in [3.63, 3.8) is 0 Å². The second-order valence-electron chi connectivity index (χ2n) is 6.99. The van der Waals surface area contributed by atoms with Gasteiger partial charge in [0.2, 0.25) is 0 Å². The summed E-state index contributed by atoms with van der Waals surface area (Å²) in [6.07, 6.45) is 6.51. The quantitative estimate of drug-likeness (QED) is 0.749. The molecule has 0 spiro atoms. The molecular weight excluding hydrogens is 374 g/mol. The molecule has 3 rings (SSSR count). The van der Waals surface area contributed by atoms with Gasteiger partial charge in [-0.3, -0.25) is 9.52 Å². The third kappa shape index (κ3) is 5.11. The van der Waals surface area contributed by atoms with Gasteiger partial charge in [0.25, 0.3) is 15.9 Å². The first kappa shape index (κ1) is 19.9. The molecular formula is C21H23N3O3S. The van der Waals surface area contributed by atoms with Gasteiger partial charge < -0.3 is 5.32 Å². The molecule has 0 bridgehead atoms. The van der Waals surface area contributed by atoms with Crippen molar-refractivity contribution < 1.29 is 13.2 Å². The van der Waals surface area contributed by atoms with Crippen molar-refractivity contribution in [3.8, 4) is 6.07 Å². The average Bonchev–Trinajstić information content (AvgIpc) is 2.96. The maximum absolute atomic E-state index is 12.7. The van der Waals surface area contributed by atoms with E-state index in [2.05, 4.69) is 10.0 Å². The fourth-order valence-electron chi connectivity index (χ4n) is 3.36. The number of hydrogen-bond acceptors (Lipinski definition) is 4. The van der Waals surface area contributed by atoms with E-state index in [1.54, 1.807) is 30.3 Å². The van der Waals surface area contributed by atoms with Crippen molar-refractivity contribution in [2.45, 2.75) is 49.5 Å². The first-order valence-electron chi connectivity index (χ1n) is 9.42. The fraction of sp³-hybridized carbons (Fsp3) is 0.333. The van der Waals surface area contributed by atoms with E-state index in [0.29, 0.717) is 16.8 Å². The molecule has 28 heavy (non-hydrogen) atoms. The monoisotopic (exact) mass is 397 g/mol. The number of rotatable bonds is 5. The molecule has 1 saturated carbocycles. The van der Waals surface area contributed by atoms with Gasteiger partial charge >= 0.3 is 0 Å². The second-order valence-corrected chi connectivity index (χ2v) is 8.67. The average molecular weight is 398 g/mol. The summed E-state index contributed by atoms with van der Waals surface area (Å²) < 4.78 is 27.8. The summed E-state index contributed by atoms with van der Waals surface area (Å²) in [4.78, 5) is 12.6. The van der Waals surface area contributed by atoms with Crippen molar-refractivity contribution in [2.75, 3.05) is 4.72 Å². The molecule has 146 valence electrons. The molecule has 2 N–H and O–H groups in total. The summed E-state index contributed by atoms with van der Waals surface area (Å²) in [6.45, 7) is 0. The molecule has 0 heterocycles. The Morgan fingerprint density at radius 3 is 2.43 bits per heavy atom. The van der Waals surface area contributed by atoms with Crippen LogP contribution in [0.2, 0.25) is 0 Å². The predicted molar refractivity (Wildman–Crippen MR) is 107 cm³/mol.